The highest BCUT2D eigenvalue weighted by Crippen LogP contribution is 2.49. The predicted octanol–water partition coefficient (Wildman–Crippen LogP) is 3.77. The van der Waals surface area contributed by atoms with Crippen molar-refractivity contribution in [1.29, 1.82) is 0 Å². The van der Waals surface area contributed by atoms with Crippen molar-refractivity contribution in [3.8, 4) is 0 Å². The zero-order valence-corrected chi connectivity index (χ0v) is 16.5. The Balaban J connectivity index is 2.20. The largest absolute Gasteiger partial charge is 0.416 e. The van der Waals surface area contributed by atoms with Gasteiger partial charge in [0.05, 0.1) is 10.5 Å². The summed E-state index contributed by atoms with van der Waals surface area (Å²) < 4.78 is 92.5. The van der Waals surface area contributed by atoms with Crippen LogP contribution in [-0.4, -0.2) is 26.2 Å². The number of hydrogen-bond donors (Lipinski definition) is 2. The molecule has 2 aromatic carbocycles. The Hall–Kier alpha value is -2.04. The number of aliphatic hydroxyl groups is 1. The molecule has 1 aliphatic carbocycles. The molecule has 30 heavy (non-hydrogen) atoms. The van der Waals surface area contributed by atoms with Crippen LogP contribution in [0.3, 0.4) is 0 Å². The van der Waals surface area contributed by atoms with Crippen LogP contribution in [0.1, 0.15) is 30.4 Å². The first kappa shape index (κ1) is 22.6. The molecule has 1 saturated carbocycles. The van der Waals surface area contributed by atoms with Crippen LogP contribution in [0.2, 0.25) is 0 Å². The number of benzene rings is 2. The Kier molecular flexibility index (Phi) is 5.96. The summed E-state index contributed by atoms with van der Waals surface area (Å²) >= 11 is 0. The lowest BCUT2D eigenvalue weighted by atomic mass is 9.75. The molecule has 1 fully saturated rings. The van der Waals surface area contributed by atoms with E-state index in [-0.39, 0.29) is 19.3 Å². The van der Waals surface area contributed by atoms with Gasteiger partial charge in [0.1, 0.15) is 16.4 Å². The predicted molar refractivity (Wildman–Crippen MR) is 99.1 cm³/mol. The maximum absolute atomic E-state index is 14.7. The highest BCUT2D eigenvalue weighted by molar-refractivity contribution is 7.92. The second kappa shape index (κ2) is 7.90. The van der Waals surface area contributed by atoms with Crippen LogP contribution in [0, 0.1) is 17.6 Å². The molecule has 0 radical (unpaired) electrons. The second-order valence-electron chi connectivity index (χ2n) is 7.49. The lowest BCUT2D eigenvalue weighted by Gasteiger charge is -2.43. The van der Waals surface area contributed by atoms with E-state index in [0.717, 1.165) is 30.3 Å². The molecule has 3 rings (SSSR count). The van der Waals surface area contributed by atoms with Crippen LogP contribution < -0.4 is 5.73 Å². The fourth-order valence-electron chi connectivity index (χ4n) is 4.04. The molecular weight excluding hydrogens is 429 g/mol. The molecule has 3 N–H and O–H groups in total. The van der Waals surface area contributed by atoms with Gasteiger partial charge in [-0.25, -0.2) is 17.2 Å². The van der Waals surface area contributed by atoms with Gasteiger partial charge in [0.25, 0.3) is 0 Å². The van der Waals surface area contributed by atoms with Gasteiger partial charge in [0, 0.05) is 18.2 Å². The Morgan fingerprint density at radius 3 is 2.30 bits per heavy atom. The van der Waals surface area contributed by atoms with Gasteiger partial charge in [-0.2, -0.15) is 13.2 Å². The van der Waals surface area contributed by atoms with E-state index in [1.54, 1.807) is 0 Å². The van der Waals surface area contributed by atoms with Gasteiger partial charge in [-0.3, -0.25) is 0 Å². The molecule has 3 atom stereocenters. The second-order valence-corrected chi connectivity index (χ2v) is 9.75. The van der Waals surface area contributed by atoms with E-state index in [1.807, 2.05) is 0 Å². The number of nitrogens with two attached hydrogens (primary N) is 1. The molecular formula is C20H20F5NO3S. The number of alkyl halides is 3. The van der Waals surface area contributed by atoms with Gasteiger partial charge >= 0.3 is 6.18 Å². The molecule has 0 bridgehead atoms. The summed E-state index contributed by atoms with van der Waals surface area (Å²) in [6.07, 6.45) is -5.03. The van der Waals surface area contributed by atoms with Gasteiger partial charge in [0.15, 0.2) is 9.84 Å². The summed E-state index contributed by atoms with van der Waals surface area (Å²) in [6, 6.07) is 4.73. The van der Waals surface area contributed by atoms with Crippen LogP contribution >= 0.6 is 0 Å². The monoisotopic (exact) mass is 449 g/mol. The average Bonchev–Trinajstić information content (AvgIpc) is 2.69. The molecule has 0 unspecified atom stereocenters. The first-order valence-electron chi connectivity index (χ1n) is 9.16. The maximum atomic E-state index is 14.7. The fourth-order valence-corrected chi connectivity index (χ4v) is 6.25. The van der Waals surface area contributed by atoms with Gasteiger partial charge in [-0.05, 0) is 67.6 Å². The zero-order chi connectivity index (χ0) is 22.3. The van der Waals surface area contributed by atoms with Crippen molar-refractivity contribution in [3.05, 3.63) is 65.2 Å². The van der Waals surface area contributed by atoms with Crippen molar-refractivity contribution >= 4 is 9.84 Å². The number of sulfone groups is 1. The van der Waals surface area contributed by atoms with Gasteiger partial charge in [0.2, 0.25) is 0 Å². The van der Waals surface area contributed by atoms with Crippen molar-refractivity contribution in [1.82, 2.24) is 0 Å². The van der Waals surface area contributed by atoms with Crippen LogP contribution in [0.4, 0.5) is 22.0 Å². The van der Waals surface area contributed by atoms with Crippen LogP contribution in [-0.2, 0) is 20.8 Å². The van der Waals surface area contributed by atoms with Crippen molar-refractivity contribution in [2.75, 3.05) is 6.61 Å². The fraction of sp³-hybridized carbons (Fsp3) is 0.400. The van der Waals surface area contributed by atoms with E-state index >= 15 is 0 Å². The average molecular weight is 449 g/mol. The quantitative estimate of drug-likeness (QED) is 0.697. The van der Waals surface area contributed by atoms with Crippen molar-refractivity contribution in [2.45, 2.75) is 41.1 Å². The number of rotatable bonds is 4. The summed E-state index contributed by atoms with van der Waals surface area (Å²) in [5.41, 5.74) is 4.50. The van der Waals surface area contributed by atoms with Crippen molar-refractivity contribution in [3.63, 3.8) is 0 Å². The van der Waals surface area contributed by atoms with E-state index in [4.69, 9.17) is 5.73 Å². The molecule has 0 heterocycles. The number of halogens is 5. The Bertz CT molecular complexity index is 1020. The smallest absolute Gasteiger partial charge is 0.396 e. The zero-order valence-electron chi connectivity index (χ0n) is 15.7. The van der Waals surface area contributed by atoms with E-state index < -0.39 is 67.0 Å². The third kappa shape index (κ3) is 3.83. The molecule has 0 spiro atoms. The molecule has 0 amide bonds. The third-order valence-electron chi connectivity index (χ3n) is 5.74. The van der Waals surface area contributed by atoms with Gasteiger partial charge < -0.3 is 10.8 Å². The molecule has 0 saturated heterocycles. The standard InChI is InChI=1S/C20H20F5NO3S/c21-14-3-6-17(22)16(9-14)19(8-7-18(26)12(10-19)11-27)30(28,29)15-4-1-13(2-5-15)20(23,24)25/h1-6,9,12,18,27H,7-8,10-11,26H2/t12-,18-,19+/m1/s1. The first-order valence-corrected chi connectivity index (χ1v) is 10.6. The van der Waals surface area contributed by atoms with E-state index in [1.165, 1.54) is 0 Å². The highest BCUT2D eigenvalue weighted by Gasteiger charge is 2.52. The molecule has 1 aliphatic rings. The Morgan fingerprint density at radius 2 is 1.73 bits per heavy atom. The summed E-state index contributed by atoms with van der Waals surface area (Å²) in [4.78, 5) is -0.452. The Morgan fingerprint density at radius 1 is 1.10 bits per heavy atom. The molecule has 0 aromatic heterocycles. The van der Waals surface area contributed by atoms with Gasteiger partial charge in [-0.1, -0.05) is 0 Å². The number of aliphatic hydroxyl groups excluding tert-OH is 1. The lowest BCUT2D eigenvalue weighted by molar-refractivity contribution is -0.137. The first-order chi connectivity index (χ1) is 13.9. The minimum Gasteiger partial charge on any atom is -0.396 e. The Labute approximate surface area is 170 Å². The molecule has 4 nitrogen and oxygen atoms in total. The van der Waals surface area contributed by atoms with Crippen LogP contribution in [0.15, 0.2) is 47.4 Å². The minimum atomic E-state index is -4.66. The topological polar surface area (TPSA) is 80.4 Å². The third-order valence-corrected chi connectivity index (χ3v) is 8.25. The SMILES string of the molecule is N[C@@H]1CC[C@](c2cc(F)ccc2F)(S(=O)(=O)c2ccc(C(F)(F)F)cc2)C[C@@H]1CO. The highest BCUT2D eigenvalue weighted by atomic mass is 32.2. The minimum absolute atomic E-state index is 0.0983. The van der Waals surface area contributed by atoms with E-state index in [2.05, 4.69) is 0 Å². The summed E-state index contributed by atoms with van der Waals surface area (Å²) in [5, 5.41) is 9.66. The molecule has 0 aliphatic heterocycles. The van der Waals surface area contributed by atoms with Crippen LogP contribution in [0.5, 0.6) is 0 Å². The maximum Gasteiger partial charge on any atom is 0.416 e. The van der Waals surface area contributed by atoms with E-state index in [9.17, 15) is 35.5 Å². The molecule has 10 heteroatoms. The summed E-state index contributed by atoms with van der Waals surface area (Å²) in [6.45, 7) is -0.470. The van der Waals surface area contributed by atoms with Crippen molar-refractivity contribution in [2.24, 2.45) is 11.7 Å². The summed E-state index contributed by atoms with van der Waals surface area (Å²) in [7, 11) is -4.49. The number of hydrogen-bond acceptors (Lipinski definition) is 4. The summed E-state index contributed by atoms with van der Waals surface area (Å²) in [5.74, 6) is -2.53. The van der Waals surface area contributed by atoms with E-state index in [0.29, 0.717) is 12.1 Å². The normalized spacial score (nSPS) is 25.3. The molecule has 164 valence electrons. The van der Waals surface area contributed by atoms with Crippen LogP contribution in [0.25, 0.3) is 0 Å². The lowest BCUT2D eigenvalue weighted by Crippen LogP contribution is -2.49. The molecule has 2 aromatic rings. The van der Waals surface area contributed by atoms with Gasteiger partial charge in [-0.15, -0.1) is 0 Å². The van der Waals surface area contributed by atoms with Crippen molar-refractivity contribution < 1.29 is 35.5 Å².